The first-order chi connectivity index (χ1) is 9.60. The Balaban J connectivity index is 0.000000612. The molecular formula is C15H15Cl2NOTi. The number of rotatable bonds is 2. The number of phenolic OH excluding ortho intramolecular Hbond substituents is 1. The Morgan fingerprint density at radius 3 is 2.10 bits per heavy atom. The molecule has 0 unspecified atom stereocenters. The Morgan fingerprint density at radius 1 is 1.00 bits per heavy atom. The number of aryl methyl sites for hydroxylation is 2. The molecule has 2 aromatic carbocycles. The van der Waals surface area contributed by atoms with Crippen LogP contribution in [0.3, 0.4) is 0 Å². The molecule has 2 aromatic rings. The van der Waals surface area contributed by atoms with Crippen molar-refractivity contribution in [3.63, 3.8) is 0 Å². The fraction of sp³-hybridized carbons (Fsp3) is 0.133. The standard InChI is InChI=1S/C15H15NO.2ClH.Ti/c1-11-6-5-7-12(2)15(11)16-10-13-8-3-4-9-14(13)17;;;/h3-10,17H,1-2H3;2*1H;/q;;;+2/p-2. The van der Waals surface area contributed by atoms with Crippen molar-refractivity contribution < 1.29 is 22.1 Å². The van der Waals surface area contributed by atoms with Crippen LogP contribution >= 0.6 is 18.6 Å². The third-order valence-corrected chi connectivity index (χ3v) is 2.71. The van der Waals surface area contributed by atoms with Gasteiger partial charge in [-0.15, -0.1) is 0 Å². The second-order valence-electron chi connectivity index (χ2n) is 4.13. The van der Waals surface area contributed by atoms with Gasteiger partial charge in [0.2, 0.25) is 0 Å². The van der Waals surface area contributed by atoms with Gasteiger partial charge in [0.15, 0.2) is 0 Å². The summed E-state index contributed by atoms with van der Waals surface area (Å²) in [5.74, 6) is 0.252. The van der Waals surface area contributed by atoms with Gasteiger partial charge in [-0.05, 0) is 37.1 Å². The molecule has 0 spiro atoms. The van der Waals surface area contributed by atoms with Gasteiger partial charge in [-0.1, -0.05) is 30.3 Å². The van der Waals surface area contributed by atoms with E-state index in [1.165, 1.54) is 0 Å². The van der Waals surface area contributed by atoms with Crippen molar-refractivity contribution in [2.45, 2.75) is 13.8 Å². The predicted molar refractivity (Wildman–Crippen MR) is 83.0 cm³/mol. The maximum absolute atomic E-state index is 9.64. The van der Waals surface area contributed by atoms with Gasteiger partial charge in [-0.3, -0.25) is 4.99 Å². The molecule has 20 heavy (non-hydrogen) atoms. The molecule has 0 heterocycles. The summed E-state index contributed by atoms with van der Waals surface area (Å²) in [5.41, 5.74) is 3.97. The number of nitrogens with zero attached hydrogens (tertiary/aromatic N) is 1. The fourth-order valence-electron chi connectivity index (χ4n) is 1.74. The first kappa shape index (κ1) is 17.3. The molecule has 0 amide bonds. The first-order valence-corrected chi connectivity index (χ1v) is 10.2. The van der Waals surface area contributed by atoms with E-state index in [0.717, 1.165) is 22.4 Å². The molecule has 0 aliphatic heterocycles. The molecule has 1 N–H and O–H groups in total. The van der Waals surface area contributed by atoms with Gasteiger partial charge in [0.1, 0.15) is 5.75 Å². The average molecular weight is 344 g/mol. The number of para-hydroxylation sites is 2. The summed E-state index contributed by atoms with van der Waals surface area (Å²) < 4.78 is 0. The molecule has 0 bridgehead atoms. The van der Waals surface area contributed by atoms with Crippen molar-refractivity contribution in [2.75, 3.05) is 0 Å². The van der Waals surface area contributed by atoms with Crippen LogP contribution in [0.1, 0.15) is 16.7 Å². The van der Waals surface area contributed by atoms with E-state index in [-0.39, 0.29) is 5.75 Å². The summed E-state index contributed by atoms with van der Waals surface area (Å²) in [5, 5.41) is 9.64. The van der Waals surface area contributed by atoms with E-state index >= 15 is 0 Å². The number of phenols is 1. The Kier molecular flexibility index (Phi) is 7.94. The van der Waals surface area contributed by atoms with Crippen molar-refractivity contribution in [1.29, 1.82) is 0 Å². The monoisotopic (exact) mass is 343 g/mol. The van der Waals surface area contributed by atoms with E-state index in [1.807, 2.05) is 44.2 Å². The van der Waals surface area contributed by atoms with E-state index in [9.17, 15) is 5.11 Å². The van der Waals surface area contributed by atoms with E-state index < -0.39 is 17.0 Å². The molecule has 5 heteroatoms. The molecule has 0 saturated heterocycles. The summed E-state index contributed by atoms with van der Waals surface area (Å²) in [6, 6.07) is 13.3. The van der Waals surface area contributed by atoms with Crippen LogP contribution in [-0.2, 0) is 17.0 Å². The summed E-state index contributed by atoms with van der Waals surface area (Å²) in [7, 11) is 9.78. The van der Waals surface area contributed by atoms with Crippen molar-refractivity contribution in [3.05, 3.63) is 59.2 Å². The third-order valence-electron chi connectivity index (χ3n) is 2.71. The zero-order valence-electron chi connectivity index (χ0n) is 11.3. The van der Waals surface area contributed by atoms with Crippen LogP contribution in [0.5, 0.6) is 5.75 Å². The van der Waals surface area contributed by atoms with Crippen LogP contribution in [0.2, 0.25) is 0 Å². The first-order valence-electron chi connectivity index (χ1n) is 5.94. The van der Waals surface area contributed by atoms with Crippen LogP contribution in [0.25, 0.3) is 0 Å². The summed E-state index contributed by atoms with van der Waals surface area (Å²) in [6.07, 6.45) is 1.70. The molecule has 2 rings (SSSR count). The van der Waals surface area contributed by atoms with E-state index in [2.05, 4.69) is 4.99 Å². The Bertz CT molecular complexity index is 568. The second kappa shape index (κ2) is 9.20. The molecule has 0 fully saturated rings. The number of halogens is 2. The second-order valence-corrected chi connectivity index (χ2v) is 6.71. The van der Waals surface area contributed by atoms with Gasteiger partial charge in [0, 0.05) is 11.8 Å². The van der Waals surface area contributed by atoms with Gasteiger partial charge in [-0.2, -0.15) is 0 Å². The number of hydrogen-bond acceptors (Lipinski definition) is 2. The summed E-state index contributed by atoms with van der Waals surface area (Å²) in [6.45, 7) is 4.06. The molecule has 0 saturated carbocycles. The van der Waals surface area contributed by atoms with E-state index in [4.69, 9.17) is 18.6 Å². The molecule has 0 radical (unpaired) electrons. The maximum atomic E-state index is 9.64. The zero-order valence-corrected chi connectivity index (χ0v) is 14.3. The molecule has 0 atom stereocenters. The minimum atomic E-state index is -0.556. The van der Waals surface area contributed by atoms with Crippen LogP contribution in [-0.4, -0.2) is 11.3 Å². The normalized spacial score (nSPS) is 10.0. The molecule has 0 aliphatic carbocycles. The number of aromatic hydroxyl groups is 1. The van der Waals surface area contributed by atoms with Crippen LogP contribution in [0.15, 0.2) is 47.5 Å². The zero-order chi connectivity index (χ0) is 15.0. The van der Waals surface area contributed by atoms with Crippen molar-refractivity contribution in [1.82, 2.24) is 0 Å². The van der Waals surface area contributed by atoms with Gasteiger partial charge in [-0.25, -0.2) is 0 Å². The van der Waals surface area contributed by atoms with E-state index in [0.29, 0.717) is 0 Å². The quantitative estimate of drug-likeness (QED) is 0.594. The summed E-state index contributed by atoms with van der Waals surface area (Å²) >= 11 is -0.556. The minimum absolute atomic E-state index is 0.252. The van der Waals surface area contributed by atoms with Crippen LogP contribution in [0, 0.1) is 13.8 Å². The van der Waals surface area contributed by atoms with Gasteiger partial charge < -0.3 is 5.11 Å². The Hall–Kier alpha value is -0.796. The van der Waals surface area contributed by atoms with Crippen molar-refractivity contribution in [2.24, 2.45) is 4.99 Å². The van der Waals surface area contributed by atoms with Gasteiger partial charge in [0.25, 0.3) is 0 Å². The Labute approximate surface area is 136 Å². The average Bonchev–Trinajstić information content (AvgIpc) is 2.41. The predicted octanol–water partition coefficient (Wildman–Crippen LogP) is 5.14. The van der Waals surface area contributed by atoms with Crippen LogP contribution in [0.4, 0.5) is 5.69 Å². The van der Waals surface area contributed by atoms with Crippen molar-refractivity contribution >= 4 is 30.5 Å². The molecule has 0 aromatic heterocycles. The molecular weight excluding hydrogens is 329 g/mol. The topological polar surface area (TPSA) is 32.6 Å². The number of benzene rings is 2. The van der Waals surface area contributed by atoms with Gasteiger partial charge >= 0.3 is 35.6 Å². The third kappa shape index (κ3) is 5.30. The SMILES string of the molecule is Cc1cccc(C)c1N=Cc1ccccc1O.[Cl][Ti][Cl]. The van der Waals surface area contributed by atoms with Crippen molar-refractivity contribution in [3.8, 4) is 5.75 Å². The van der Waals surface area contributed by atoms with E-state index in [1.54, 1.807) is 18.3 Å². The number of aliphatic imine (C=N–C) groups is 1. The summed E-state index contributed by atoms with van der Waals surface area (Å²) in [4.78, 5) is 4.45. The Morgan fingerprint density at radius 2 is 1.55 bits per heavy atom. The van der Waals surface area contributed by atoms with Gasteiger partial charge in [0.05, 0.1) is 5.69 Å². The van der Waals surface area contributed by atoms with Crippen LogP contribution < -0.4 is 0 Å². The number of hydrogen-bond donors (Lipinski definition) is 1. The molecule has 104 valence electrons. The molecule has 0 aliphatic rings. The fourth-order valence-corrected chi connectivity index (χ4v) is 1.74. The molecule has 2 nitrogen and oxygen atoms in total.